The largest absolute Gasteiger partial charge is 0.338 e. The molecule has 3 aromatic rings. The summed E-state index contributed by atoms with van der Waals surface area (Å²) < 4.78 is 1.15. The van der Waals surface area contributed by atoms with E-state index in [9.17, 15) is 4.79 Å². The van der Waals surface area contributed by atoms with E-state index < -0.39 is 0 Å². The van der Waals surface area contributed by atoms with Gasteiger partial charge in [-0.2, -0.15) is 0 Å². The Morgan fingerprint density at radius 1 is 1.10 bits per heavy atom. The fourth-order valence-electron chi connectivity index (χ4n) is 2.97. The van der Waals surface area contributed by atoms with Crippen molar-refractivity contribution in [2.24, 2.45) is 0 Å². The molecule has 0 aliphatic carbocycles. The van der Waals surface area contributed by atoms with Crippen molar-refractivity contribution in [1.29, 1.82) is 0 Å². The monoisotopic (exact) mass is 428 g/mol. The molecule has 154 valence electrons. The summed E-state index contributed by atoms with van der Waals surface area (Å²) in [4.78, 5) is 22.3. The molecule has 4 nitrogen and oxygen atoms in total. The molecular formula is C23H30N3OS2+. The van der Waals surface area contributed by atoms with E-state index in [4.69, 9.17) is 4.98 Å². The Labute approximate surface area is 181 Å². The van der Waals surface area contributed by atoms with Crippen LogP contribution in [0.1, 0.15) is 23.1 Å². The molecule has 0 saturated heterocycles. The van der Waals surface area contributed by atoms with E-state index in [1.54, 1.807) is 23.1 Å². The predicted molar refractivity (Wildman–Crippen MR) is 126 cm³/mol. The number of thioether (sulfide) groups is 1. The fraction of sp³-hybridized carbons (Fsp3) is 0.391. The normalized spacial score (nSPS) is 11.4. The topological polar surface area (TPSA) is 37.6 Å². The highest BCUT2D eigenvalue weighted by Gasteiger charge is 2.20. The van der Waals surface area contributed by atoms with Gasteiger partial charge in [0.1, 0.15) is 0 Å². The van der Waals surface area contributed by atoms with Crippen LogP contribution in [-0.2, 0) is 4.79 Å². The quantitative estimate of drug-likeness (QED) is 0.553. The van der Waals surface area contributed by atoms with Crippen LogP contribution < -0.4 is 9.80 Å². The van der Waals surface area contributed by atoms with Crippen LogP contribution in [0.3, 0.4) is 0 Å². The summed E-state index contributed by atoms with van der Waals surface area (Å²) in [6.07, 6.45) is 0.509. The lowest BCUT2D eigenvalue weighted by molar-refractivity contribution is -0.856. The van der Waals surface area contributed by atoms with Crippen molar-refractivity contribution in [3.05, 3.63) is 53.1 Å². The molecule has 0 atom stereocenters. The van der Waals surface area contributed by atoms with E-state index >= 15 is 0 Å². The number of aryl methyl sites for hydroxylation is 3. The van der Waals surface area contributed by atoms with Crippen LogP contribution in [0.15, 0.2) is 41.3 Å². The maximum Gasteiger partial charge on any atom is 0.229 e. The summed E-state index contributed by atoms with van der Waals surface area (Å²) in [6, 6.07) is 12.8. The number of nitrogens with one attached hydrogen (secondary N) is 1. The maximum atomic E-state index is 13.1. The van der Waals surface area contributed by atoms with E-state index in [1.165, 1.54) is 26.5 Å². The Kier molecular flexibility index (Phi) is 7.33. The van der Waals surface area contributed by atoms with Crippen molar-refractivity contribution in [1.82, 2.24) is 4.98 Å². The zero-order valence-corrected chi connectivity index (χ0v) is 19.5. The molecule has 0 saturated carbocycles. The summed E-state index contributed by atoms with van der Waals surface area (Å²) in [5, 5.41) is 0.816. The van der Waals surface area contributed by atoms with Crippen LogP contribution in [-0.4, -0.2) is 43.8 Å². The van der Waals surface area contributed by atoms with Gasteiger partial charge in [-0.1, -0.05) is 29.0 Å². The third kappa shape index (κ3) is 5.81. The zero-order chi connectivity index (χ0) is 21.0. The minimum atomic E-state index is 0.151. The predicted octanol–water partition coefficient (Wildman–Crippen LogP) is 3.88. The van der Waals surface area contributed by atoms with Crippen molar-refractivity contribution >= 4 is 44.4 Å². The second-order valence-electron chi connectivity index (χ2n) is 7.81. The Hall–Kier alpha value is -1.89. The van der Waals surface area contributed by atoms with Crippen molar-refractivity contribution in [2.75, 3.05) is 37.8 Å². The third-order valence-corrected chi connectivity index (χ3v) is 7.02. The van der Waals surface area contributed by atoms with Gasteiger partial charge in [-0.05, 0) is 56.2 Å². The molecule has 0 bridgehead atoms. The molecule has 1 heterocycles. The number of amides is 1. The van der Waals surface area contributed by atoms with Crippen LogP contribution in [0, 0.1) is 20.8 Å². The molecule has 0 aliphatic rings. The summed E-state index contributed by atoms with van der Waals surface area (Å²) in [5.74, 6) is 0.925. The molecule has 6 heteroatoms. The molecule has 0 radical (unpaired) electrons. The Balaban J connectivity index is 1.73. The average Bonchev–Trinajstić information content (AvgIpc) is 3.06. The van der Waals surface area contributed by atoms with Crippen molar-refractivity contribution < 1.29 is 9.69 Å². The first-order valence-corrected chi connectivity index (χ1v) is 11.8. The van der Waals surface area contributed by atoms with E-state index in [2.05, 4.69) is 71.3 Å². The van der Waals surface area contributed by atoms with E-state index in [1.807, 2.05) is 4.90 Å². The molecule has 0 aliphatic heterocycles. The van der Waals surface area contributed by atoms with Gasteiger partial charge in [0.15, 0.2) is 5.13 Å². The fourth-order valence-corrected chi connectivity index (χ4v) is 4.90. The number of rotatable bonds is 8. The number of carbonyl (C=O) groups is 1. The van der Waals surface area contributed by atoms with Gasteiger partial charge in [-0.15, -0.1) is 11.8 Å². The SMILES string of the molecule is Cc1ccc(SCCC(=O)N(CC[NH+](C)C)c2nc3cc(C)c(C)cc3s2)cc1. The lowest BCUT2D eigenvalue weighted by Crippen LogP contribution is -3.06. The number of quaternary nitrogens is 1. The highest BCUT2D eigenvalue weighted by atomic mass is 32.2. The first-order valence-electron chi connectivity index (χ1n) is 10.00. The molecule has 1 aromatic heterocycles. The third-order valence-electron chi connectivity index (χ3n) is 4.97. The maximum absolute atomic E-state index is 13.1. The lowest BCUT2D eigenvalue weighted by atomic mass is 10.1. The van der Waals surface area contributed by atoms with Gasteiger partial charge in [0.25, 0.3) is 0 Å². The van der Waals surface area contributed by atoms with Gasteiger partial charge >= 0.3 is 0 Å². The van der Waals surface area contributed by atoms with Gasteiger partial charge in [0, 0.05) is 17.1 Å². The number of anilines is 1. The molecule has 0 spiro atoms. The Bertz CT molecular complexity index is 941. The number of nitrogens with zero attached hydrogens (tertiary/aromatic N) is 2. The number of hydrogen-bond acceptors (Lipinski definition) is 4. The highest BCUT2D eigenvalue weighted by molar-refractivity contribution is 7.99. The molecule has 29 heavy (non-hydrogen) atoms. The van der Waals surface area contributed by atoms with E-state index in [0.717, 1.165) is 27.6 Å². The summed E-state index contributed by atoms with van der Waals surface area (Å²) in [7, 11) is 4.22. The molecule has 1 N–H and O–H groups in total. The molecule has 3 rings (SSSR count). The van der Waals surface area contributed by atoms with Gasteiger partial charge in [-0.25, -0.2) is 4.98 Å². The van der Waals surface area contributed by atoms with Crippen LogP contribution in [0.25, 0.3) is 10.2 Å². The summed E-state index contributed by atoms with van der Waals surface area (Å²) in [6.45, 7) is 7.89. The van der Waals surface area contributed by atoms with Gasteiger partial charge in [0.05, 0.1) is 37.4 Å². The molecule has 0 fully saturated rings. The number of fused-ring (bicyclic) bond motifs is 1. The highest BCUT2D eigenvalue weighted by Crippen LogP contribution is 2.31. The number of thiazole rings is 1. The van der Waals surface area contributed by atoms with Crippen molar-refractivity contribution in [3.8, 4) is 0 Å². The van der Waals surface area contributed by atoms with E-state index in [0.29, 0.717) is 13.0 Å². The number of hydrogen-bond donors (Lipinski definition) is 1. The molecule has 0 unspecified atom stereocenters. The zero-order valence-electron chi connectivity index (χ0n) is 17.9. The number of likely N-dealkylation sites (N-methyl/N-ethyl adjacent to an activating group) is 1. The number of carbonyl (C=O) groups excluding carboxylic acids is 1. The van der Waals surface area contributed by atoms with Crippen LogP contribution >= 0.6 is 23.1 Å². The standard InChI is InChI=1S/C23H29N3OS2/c1-16-6-8-19(9-7-16)28-13-10-22(27)26(12-11-25(4)5)23-24-20-14-17(2)18(3)15-21(20)29-23/h6-9,14-15H,10-13H2,1-5H3/p+1. The molecular weight excluding hydrogens is 398 g/mol. The number of aromatic nitrogens is 1. The first kappa shape index (κ1) is 21.8. The van der Waals surface area contributed by atoms with Gasteiger partial charge in [-0.3, -0.25) is 9.69 Å². The minimum Gasteiger partial charge on any atom is -0.338 e. The second kappa shape index (κ2) is 9.74. The summed E-state index contributed by atoms with van der Waals surface area (Å²) >= 11 is 3.35. The van der Waals surface area contributed by atoms with Gasteiger partial charge < -0.3 is 4.90 Å². The Morgan fingerprint density at radius 2 is 1.79 bits per heavy atom. The van der Waals surface area contributed by atoms with Crippen molar-refractivity contribution in [2.45, 2.75) is 32.1 Å². The second-order valence-corrected chi connectivity index (χ2v) is 9.99. The van der Waals surface area contributed by atoms with E-state index in [-0.39, 0.29) is 5.91 Å². The van der Waals surface area contributed by atoms with Crippen LogP contribution in [0.5, 0.6) is 0 Å². The lowest BCUT2D eigenvalue weighted by Gasteiger charge is -2.20. The number of benzene rings is 2. The summed E-state index contributed by atoms with van der Waals surface area (Å²) in [5.41, 5.74) is 4.73. The van der Waals surface area contributed by atoms with Crippen LogP contribution in [0.2, 0.25) is 0 Å². The van der Waals surface area contributed by atoms with Gasteiger partial charge in [0.2, 0.25) is 5.91 Å². The van der Waals surface area contributed by atoms with Crippen LogP contribution in [0.4, 0.5) is 5.13 Å². The van der Waals surface area contributed by atoms with Crippen molar-refractivity contribution in [3.63, 3.8) is 0 Å². The minimum absolute atomic E-state index is 0.151. The smallest absolute Gasteiger partial charge is 0.229 e. The average molecular weight is 429 g/mol. The molecule has 1 amide bonds. The Morgan fingerprint density at radius 3 is 2.48 bits per heavy atom. The molecule has 2 aromatic carbocycles. The first-order chi connectivity index (χ1) is 13.8.